The first-order valence-electron chi connectivity index (χ1n) is 10.3. The molecular formula is C21H38O2Si. The maximum atomic E-state index is 12.8. The summed E-state index contributed by atoms with van der Waals surface area (Å²) < 4.78 is 6.72. The van der Waals surface area contributed by atoms with Gasteiger partial charge < -0.3 is 4.74 Å². The minimum atomic E-state index is -1.55. The highest BCUT2D eigenvalue weighted by Crippen LogP contribution is 2.68. The molecule has 3 aliphatic rings. The van der Waals surface area contributed by atoms with Crippen molar-refractivity contribution in [1.82, 2.24) is 0 Å². The third-order valence-electron chi connectivity index (χ3n) is 8.70. The Kier molecular flexibility index (Phi) is 4.61. The smallest absolute Gasteiger partial charge is 0.141 e. The van der Waals surface area contributed by atoms with Crippen LogP contribution in [-0.4, -0.2) is 26.1 Å². The van der Waals surface area contributed by atoms with E-state index < -0.39 is 8.07 Å². The van der Waals surface area contributed by atoms with Crippen LogP contribution in [0.15, 0.2) is 0 Å². The fourth-order valence-corrected chi connectivity index (χ4v) is 16.0. The number of ketones is 1. The van der Waals surface area contributed by atoms with E-state index in [1.807, 2.05) is 0 Å². The van der Waals surface area contributed by atoms with Gasteiger partial charge in [-0.3, -0.25) is 4.79 Å². The molecule has 1 heterocycles. The van der Waals surface area contributed by atoms with Crippen LogP contribution in [0, 0.1) is 11.3 Å². The average molecular weight is 351 g/mol. The fourth-order valence-electron chi connectivity index (χ4n) is 7.92. The molecule has 0 aromatic heterocycles. The molecule has 0 aromatic rings. The zero-order valence-electron chi connectivity index (χ0n) is 16.9. The van der Waals surface area contributed by atoms with Gasteiger partial charge in [-0.25, -0.2) is 0 Å². The first-order valence-corrected chi connectivity index (χ1v) is 12.6. The Hall–Kier alpha value is -0.153. The Bertz CT molecular complexity index is 490. The third-order valence-corrected chi connectivity index (χ3v) is 16.6. The standard InChI is InChI=1S/C21H38O2Si/c1-14(2)24(15(3)4,16(5)6)18-13-23-21-11-8-9-19(22)20(21,7)12-10-17(18)21/h14-18H,8-13H2,1-7H3/t17-,18-,20-,21+/m0/s1. The van der Waals surface area contributed by atoms with Gasteiger partial charge in [0.05, 0.1) is 19.1 Å². The Balaban J connectivity index is 2.05. The number of carbonyl (C=O) groups is 1. The van der Waals surface area contributed by atoms with Crippen molar-refractivity contribution in [3.8, 4) is 0 Å². The van der Waals surface area contributed by atoms with Crippen LogP contribution < -0.4 is 0 Å². The second kappa shape index (κ2) is 5.94. The van der Waals surface area contributed by atoms with Crippen LogP contribution in [0.3, 0.4) is 0 Å². The number of hydrogen-bond acceptors (Lipinski definition) is 2. The number of Topliss-reactive ketones (excluding diaryl/α,β-unsaturated/α-hetero) is 1. The van der Waals surface area contributed by atoms with Crippen molar-refractivity contribution in [2.24, 2.45) is 11.3 Å². The van der Waals surface area contributed by atoms with Gasteiger partial charge in [0.15, 0.2) is 0 Å². The summed E-state index contributed by atoms with van der Waals surface area (Å²) in [7, 11) is -1.55. The van der Waals surface area contributed by atoms with E-state index in [1.54, 1.807) is 0 Å². The summed E-state index contributed by atoms with van der Waals surface area (Å²) in [5.74, 6) is 1.12. The third kappa shape index (κ3) is 2.06. The van der Waals surface area contributed by atoms with Gasteiger partial charge in [0.25, 0.3) is 0 Å². The van der Waals surface area contributed by atoms with Crippen molar-refractivity contribution in [1.29, 1.82) is 0 Å². The zero-order valence-corrected chi connectivity index (χ0v) is 17.9. The maximum absolute atomic E-state index is 12.8. The molecule has 24 heavy (non-hydrogen) atoms. The van der Waals surface area contributed by atoms with Crippen molar-refractivity contribution < 1.29 is 9.53 Å². The second-order valence-corrected chi connectivity index (χ2v) is 16.2. The summed E-state index contributed by atoms with van der Waals surface area (Å²) in [6, 6.07) is 0. The Morgan fingerprint density at radius 1 is 1.04 bits per heavy atom. The van der Waals surface area contributed by atoms with Gasteiger partial charge in [0.1, 0.15) is 5.78 Å². The lowest BCUT2D eigenvalue weighted by Crippen LogP contribution is -2.55. The van der Waals surface area contributed by atoms with Gasteiger partial charge >= 0.3 is 0 Å². The minimum absolute atomic E-state index is 0.121. The van der Waals surface area contributed by atoms with Crippen LogP contribution in [0.5, 0.6) is 0 Å². The summed E-state index contributed by atoms with van der Waals surface area (Å²) in [4.78, 5) is 12.8. The van der Waals surface area contributed by atoms with E-state index in [4.69, 9.17) is 4.74 Å². The summed E-state index contributed by atoms with van der Waals surface area (Å²) in [5, 5.41) is 0. The lowest BCUT2D eigenvalue weighted by molar-refractivity contribution is -0.156. The maximum Gasteiger partial charge on any atom is 0.141 e. The minimum Gasteiger partial charge on any atom is -0.374 e. The Morgan fingerprint density at radius 3 is 2.17 bits per heavy atom. The number of ether oxygens (including phenoxy) is 1. The van der Waals surface area contributed by atoms with Gasteiger partial charge in [0.2, 0.25) is 0 Å². The quantitative estimate of drug-likeness (QED) is 0.583. The molecule has 0 bridgehead atoms. The van der Waals surface area contributed by atoms with Crippen LogP contribution in [0.1, 0.15) is 80.6 Å². The van der Waals surface area contributed by atoms with Crippen molar-refractivity contribution in [2.75, 3.05) is 6.61 Å². The Morgan fingerprint density at radius 2 is 1.62 bits per heavy atom. The molecule has 0 unspecified atom stereocenters. The van der Waals surface area contributed by atoms with Crippen molar-refractivity contribution >= 4 is 13.9 Å². The predicted molar refractivity (Wildman–Crippen MR) is 103 cm³/mol. The zero-order chi connectivity index (χ0) is 17.9. The molecule has 138 valence electrons. The van der Waals surface area contributed by atoms with Crippen LogP contribution in [0.4, 0.5) is 0 Å². The van der Waals surface area contributed by atoms with Gasteiger partial charge in [-0.1, -0.05) is 58.2 Å². The molecular weight excluding hydrogens is 312 g/mol. The summed E-state index contributed by atoms with van der Waals surface area (Å²) >= 11 is 0. The topological polar surface area (TPSA) is 26.3 Å². The molecule has 2 nitrogen and oxygen atoms in total. The number of carbonyl (C=O) groups excluding carboxylic acids is 1. The lowest BCUT2D eigenvalue weighted by Gasteiger charge is -2.51. The molecule has 2 aliphatic carbocycles. The SMILES string of the molecule is CC(C)[Si](C(C)C)(C(C)C)[C@H]1CO[C@@]23CCCC(=O)[C@]2(C)CC[C@@H]13. The molecule has 0 amide bonds. The molecule has 0 radical (unpaired) electrons. The summed E-state index contributed by atoms with van der Waals surface area (Å²) in [5.41, 5.74) is 2.72. The largest absolute Gasteiger partial charge is 0.374 e. The van der Waals surface area contributed by atoms with Crippen LogP contribution >= 0.6 is 0 Å². The van der Waals surface area contributed by atoms with Crippen LogP contribution in [0.25, 0.3) is 0 Å². The molecule has 0 N–H and O–H groups in total. The van der Waals surface area contributed by atoms with E-state index in [9.17, 15) is 4.79 Å². The average Bonchev–Trinajstić information content (AvgIpc) is 2.97. The summed E-state index contributed by atoms with van der Waals surface area (Å²) in [6.45, 7) is 18.0. The van der Waals surface area contributed by atoms with Gasteiger partial charge in [0, 0.05) is 13.0 Å². The summed E-state index contributed by atoms with van der Waals surface area (Å²) in [6.07, 6.45) is 5.21. The fraction of sp³-hybridized carbons (Fsp3) is 0.952. The van der Waals surface area contributed by atoms with E-state index in [-0.39, 0.29) is 11.0 Å². The molecule has 3 heteroatoms. The van der Waals surface area contributed by atoms with E-state index in [0.29, 0.717) is 11.7 Å². The highest BCUT2D eigenvalue weighted by molar-refractivity contribution is 6.85. The van der Waals surface area contributed by atoms with E-state index in [2.05, 4.69) is 48.5 Å². The normalized spacial score (nSPS) is 39.8. The van der Waals surface area contributed by atoms with E-state index in [0.717, 1.165) is 54.5 Å². The van der Waals surface area contributed by atoms with Gasteiger partial charge in [-0.15, -0.1) is 0 Å². The predicted octanol–water partition coefficient (Wildman–Crippen LogP) is 5.97. The molecule has 1 spiro atoms. The van der Waals surface area contributed by atoms with E-state index >= 15 is 0 Å². The Labute approximate surface area is 150 Å². The highest BCUT2D eigenvalue weighted by atomic mass is 28.3. The molecule has 3 rings (SSSR count). The lowest BCUT2D eigenvalue weighted by atomic mass is 9.63. The van der Waals surface area contributed by atoms with E-state index in [1.165, 1.54) is 6.42 Å². The number of rotatable bonds is 4. The first-order chi connectivity index (χ1) is 11.1. The monoisotopic (exact) mass is 350 g/mol. The van der Waals surface area contributed by atoms with Crippen molar-refractivity contribution in [3.05, 3.63) is 0 Å². The second-order valence-electron chi connectivity index (χ2n) is 10.0. The molecule has 3 fully saturated rings. The van der Waals surface area contributed by atoms with Crippen molar-refractivity contribution in [3.63, 3.8) is 0 Å². The molecule has 2 saturated carbocycles. The highest BCUT2D eigenvalue weighted by Gasteiger charge is 2.70. The molecule has 1 aliphatic heterocycles. The molecule has 0 aromatic carbocycles. The number of hydrogen-bond donors (Lipinski definition) is 0. The molecule has 4 atom stereocenters. The van der Waals surface area contributed by atoms with Crippen LogP contribution in [-0.2, 0) is 9.53 Å². The van der Waals surface area contributed by atoms with Gasteiger partial charge in [-0.05, 0) is 44.1 Å². The first kappa shape index (κ1) is 18.6. The van der Waals surface area contributed by atoms with Crippen LogP contribution in [0.2, 0.25) is 22.2 Å². The van der Waals surface area contributed by atoms with Gasteiger partial charge in [-0.2, -0.15) is 0 Å². The molecule has 1 saturated heterocycles. The van der Waals surface area contributed by atoms with Crippen molar-refractivity contribution in [2.45, 2.75) is 108 Å².